The number of hydrogen-bond acceptors (Lipinski definition) is 6. The molecule has 1 heterocycles. The van der Waals surface area contributed by atoms with E-state index in [9.17, 15) is 27.0 Å². The first kappa shape index (κ1) is 29.5. The van der Waals surface area contributed by atoms with Gasteiger partial charge in [-0.1, -0.05) is 31.5 Å². The summed E-state index contributed by atoms with van der Waals surface area (Å²) in [6.45, 7) is 7.77. The van der Waals surface area contributed by atoms with E-state index in [1.165, 1.54) is 0 Å². The zero-order chi connectivity index (χ0) is 28.0. The third-order valence-corrected chi connectivity index (χ3v) is 7.76. The largest absolute Gasteiger partial charge is 0.513 e. The standard InChI is InChI=1S/C28H32F3NO5S/c1-5-19-12-17(4)13-20(6-2)25(19)26-22(33)14-18(15-23(26)37-27(34)36-7-3)10-11-38(35)24-9-8-21(16-32-24)28(29,30)31/h8-9,12-13,16,18H,5-7,10-11,14-15H2,1-4H3. The molecule has 2 aromatic rings. The van der Waals surface area contributed by atoms with Crippen LogP contribution >= 0.6 is 0 Å². The van der Waals surface area contributed by atoms with Crippen LogP contribution in [-0.2, 0) is 44.1 Å². The maximum atomic E-state index is 13.5. The van der Waals surface area contributed by atoms with Crippen LogP contribution in [0.4, 0.5) is 18.0 Å². The van der Waals surface area contributed by atoms with E-state index >= 15 is 0 Å². The van der Waals surface area contributed by atoms with Crippen LogP contribution in [0.1, 0.15) is 67.9 Å². The molecule has 0 amide bonds. The maximum absolute atomic E-state index is 13.5. The second kappa shape index (κ2) is 12.7. The number of halogens is 3. The number of Topliss-reactive ketones (excluding diaryl/α,β-unsaturated/α-hetero) is 1. The number of allylic oxidation sites excluding steroid dienone is 2. The SMILES string of the molecule is CCOC(=O)OC1=C(c2c(CC)cc(C)cc2CC)C(=O)CC(CCS(=O)c2ccc(C(F)(F)F)cn2)C1. The number of carbonyl (C=O) groups excluding carboxylic acids is 2. The molecule has 3 rings (SSSR count). The van der Waals surface area contributed by atoms with Crippen molar-refractivity contribution in [1.82, 2.24) is 4.98 Å². The molecular weight excluding hydrogens is 519 g/mol. The highest BCUT2D eigenvalue weighted by Gasteiger charge is 2.34. The van der Waals surface area contributed by atoms with Crippen LogP contribution in [0.2, 0.25) is 0 Å². The Morgan fingerprint density at radius 2 is 1.76 bits per heavy atom. The quantitative estimate of drug-likeness (QED) is 0.327. The number of alkyl halides is 3. The van der Waals surface area contributed by atoms with Gasteiger partial charge in [-0.05, 0) is 67.9 Å². The van der Waals surface area contributed by atoms with E-state index in [-0.39, 0.29) is 47.7 Å². The van der Waals surface area contributed by atoms with Gasteiger partial charge in [0.2, 0.25) is 0 Å². The van der Waals surface area contributed by atoms with Gasteiger partial charge < -0.3 is 9.47 Å². The molecule has 2 unspecified atom stereocenters. The molecule has 10 heteroatoms. The van der Waals surface area contributed by atoms with Gasteiger partial charge >= 0.3 is 12.3 Å². The van der Waals surface area contributed by atoms with Crippen molar-refractivity contribution in [2.75, 3.05) is 12.4 Å². The highest BCUT2D eigenvalue weighted by molar-refractivity contribution is 7.84. The van der Waals surface area contributed by atoms with Gasteiger partial charge in [0.05, 0.1) is 28.5 Å². The first-order chi connectivity index (χ1) is 18.0. The number of nitrogens with zero attached hydrogens (tertiary/aromatic N) is 1. The summed E-state index contributed by atoms with van der Waals surface area (Å²) in [6.07, 6.45) is -2.61. The van der Waals surface area contributed by atoms with Crippen molar-refractivity contribution in [3.8, 4) is 0 Å². The lowest BCUT2D eigenvalue weighted by Crippen LogP contribution is -2.24. The summed E-state index contributed by atoms with van der Waals surface area (Å²) >= 11 is 0. The van der Waals surface area contributed by atoms with Gasteiger partial charge in [0.15, 0.2) is 5.78 Å². The minimum Gasteiger partial charge on any atom is -0.434 e. The lowest BCUT2D eigenvalue weighted by molar-refractivity contribution is -0.137. The van der Waals surface area contributed by atoms with E-state index in [0.717, 1.165) is 34.4 Å². The molecule has 0 spiro atoms. The van der Waals surface area contributed by atoms with Gasteiger partial charge in [0.25, 0.3) is 0 Å². The normalized spacial score (nSPS) is 16.9. The first-order valence-electron chi connectivity index (χ1n) is 12.6. The summed E-state index contributed by atoms with van der Waals surface area (Å²) in [6, 6.07) is 6.02. The fourth-order valence-corrected chi connectivity index (χ4v) is 5.81. The lowest BCUT2D eigenvalue weighted by Gasteiger charge is -2.28. The fourth-order valence-electron chi connectivity index (χ4n) is 4.66. The third-order valence-electron chi connectivity index (χ3n) is 6.44. The van der Waals surface area contributed by atoms with Crippen molar-refractivity contribution in [3.63, 3.8) is 0 Å². The van der Waals surface area contributed by atoms with Crippen LogP contribution < -0.4 is 0 Å². The van der Waals surface area contributed by atoms with Gasteiger partial charge in [-0.15, -0.1) is 0 Å². The Labute approximate surface area is 223 Å². The predicted molar refractivity (Wildman–Crippen MR) is 138 cm³/mol. The second-order valence-corrected chi connectivity index (χ2v) is 10.7. The van der Waals surface area contributed by atoms with Crippen LogP contribution in [-0.4, -0.2) is 33.5 Å². The zero-order valence-electron chi connectivity index (χ0n) is 21.9. The van der Waals surface area contributed by atoms with Gasteiger partial charge in [0.1, 0.15) is 10.8 Å². The summed E-state index contributed by atoms with van der Waals surface area (Å²) in [5, 5.41) is 0.0409. The molecule has 0 radical (unpaired) electrons. The van der Waals surface area contributed by atoms with Crippen LogP contribution in [0.3, 0.4) is 0 Å². The molecule has 2 atom stereocenters. The van der Waals surface area contributed by atoms with Crippen LogP contribution in [0.25, 0.3) is 5.57 Å². The zero-order valence-corrected chi connectivity index (χ0v) is 22.8. The molecule has 1 aliphatic rings. The Kier molecular flexibility index (Phi) is 9.87. The summed E-state index contributed by atoms with van der Waals surface area (Å²) < 4.78 is 61.7. The van der Waals surface area contributed by atoms with Gasteiger partial charge in [0, 0.05) is 24.8 Å². The fraction of sp³-hybridized carbons (Fsp3) is 0.464. The molecular formula is C28H32F3NO5S. The van der Waals surface area contributed by atoms with Crippen molar-refractivity contribution < 1.29 is 36.4 Å². The molecule has 0 fully saturated rings. The van der Waals surface area contributed by atoms with E-state index in [1.807, 2.05) is 32.9 Å². The third kappa shape index (κ3) is 7.09. The topological polar surface area (TPSA) is 82.6 Å². The van der Waals surface area contributed by atoms with E-state index in [2.05, 4.69) is 4.98 Å². The highest BCUT2D eigenvalue weighted by atomic mass is 32.2. The van der Waals surface area contributed by atoms with E-state index in [0.29, 0.717) is 31.0 Å². The molecule has 0 N–H and O–H groups in total. The molecule has 1 aromatic carbocycles. The van der Waals surface area contributed by atoms with Gasteiger partial charge in [-0.3, -0.25) is 9.00 Å². The summed E-state index contributed by atoms with van der Waals surface area (Å²) in [5.41, 5.74) is 3.32. The monoisotopic (exact) mass is 551 g/mol. The number of pyridine rings is 1. The molecule has 1 aliphatic carbocycles. The highest BCUT2D eigenvalue weighted by Crippen LogP contribution is 2.39. The number of ether oxygens (including phenoxy) is 2. The number of rotatable bonds is 9. The predicted octanol–water partition coefficient (Wildman–Crippen LogP) is 6.59. The van der Waals surface area contributed by atoms with Crippen LogP contribution in [0.5, 0.6) is 0 Å². The Balaban J connectivity index is 1.88. The molecule has 1 aromatic heterocycles. The summed E-state index contributed by atoms with van der Waals surface area (Å²) in [4.78, 5) is 29.5. The number of carbonyl (C=O) groups is 2. The molecule has 0 bridgehead atoms. The van der Waals surface area contributed by atoms with Crippen molar-refractivity contribution >= 4 is 28.3 Å². The minimum absolute atomic E-state index is 0.0409. The first-order valence-corrected chi connectivity index (χ1v) is 14.0. The number of benzene rings is 1. The van der Waals surface area contributed by atoms with Crippen molar-refractivity contribution in [2.45, 2.75) is 71.0 Å². The van der Waals surface area contributed by atoms with Crippen molar-refractivity contribution in [2.24, 2.45) is 5.92 Å². The van der Waals surface area contributed by atoms with Crippen molar-refractivity contribution in [1.29, 1.82) is 0 Å². The van der Waals surface area contributed by atoms with Crippen LogP contribution in [0.15, 0.2) is 41.2 Å². The molecule has 0 saturated carbocycles. The van der Waals surface area contributed by atoms with Crippen molar-refractivity contribution in [3.05, 3.63) is 64.0 Å². The average molecular weight is 552 g/mol. The molecule has 206 valence electrons. The second-order valence-electron chi connectivity index (χ2n) is 9.17. The number of aromatic nitrogens is 1. The molecule has 6 nitrogen and oxygen atoms in total. The number of hydrogen-bond donors (Lipinski definition) is 0. The molecule has 0 saturated heterocycles. The molecule has 0 aliphatic heterocycles. The van der Waals surface area contributed by atoms with E-state index in [4.69, 9.17) is 9.47 Å². The summed E-state index contributed by atoms with van der Waals surface area (Å²) in [5.74, 6) is -0.109. The Hall–Kier alpha value is -3.01. The van der Waals surface area contributed by atoms with E-state index < -0.39 is 28.7 Å². The smallest absolute Gasteiger partial charge is 0.434 e. The number of aryl methyl sites for hydroxylation is 3. The Morgan fingerprint density at radius 1 is 1.11 bits per heavy atom. The Bertz CT molecular complexity index is 1210. The number of ketones is 1. The lowest BCUT2D eigenvalue weighted by atomic mass is 9.79. The average Bonchev–Trinajstić information content (AvgIpc) is 2.86. The van der Waals surface area contributed by atoms with Gasteiger partial charge in [-0.2, -0.15) is 13.2 Å². The minimum atomic E-state index is -4.53. The van der Waals surface area contributed by atoms with Gasteiger partial charge in [-0.25, -0.2) is 9.78 Å². The maximum Gasteiger partial charge on any atom is 0.513 e. The summed E-state index contributed by atoms with van der Waals surface area (Å²) in [7, 11) is -1.65. The van der Waals surface area contributed by atoms with E-state index in [1.54, 1.807) is 6.92 Å². The van der Waals surface area contributed by atoms with Crippen LogP contribution in [0, 0.1) is 12.8 Å². The Morgan fingerprint density at radius 3 is 2.29 bits per heavy atom. The molecule has 38 heavy (non-hydrogen) atoms.